The predicted octanol–water partition coefficient (Wildman–Crippen LogP) is 1.98. The first-order valence-electron chi connectivity index (χ1n) is 4.84. The molecule has 0 bridgehead atoms. The van der Waals surface area contributed by atoms with Gasteiger partial charge in [0.25, 0.3) is 0 Å². The number of ether oxygens (including phenoxy) is 1. The largest absolute Gasteiger partial charge is 0.465 e. The number of hydrogen-bond acceptors (Lipinski definition) is 4. The van der Waals surface area contributed by atoms with E-state index < -0.39 is 11.9 Å². The van der Waals surface area contributed by atoms with Crippen LogP contribution in [0.3, 0.4) is 0 Å². The van der Waals surface area contributed by atoms with Crippen LogP contribution in [0.5, 0.6) is 0 Å². The Bertz CT molecular complexity index is 415. The minimum Gasteiger partial charge on any atom is -0.465 e. The van der Waals surface area contributed by atoms with Crippen molar-refractivity contribution in [3.63, 3.8) is 0 Å². The van der Waals surface area contributed by atoms with Gasteiger partial charge in [-0.1, -0.05) is 11.6 Å². The van der Waals surface area contributed by atoms with E-state index in [-0.39, 0.29) is 13.0 Å². The molecule has 0 spiro atoms. The Balaban J connectivity index is 2.71. The Kier molecular flexibility index (Phi) is 4.74. The molecule has 16 heavy (non-hydrogen) atoms. The maximum Gasteiger partial charge on any atom is 0.323 e. The zero-order valence-corrected chi connectivity index (χ0v) is 9.57. The van der Waals surface area contributed by atoms with Crippen molar-refractivity contribution in [3.05, 3.63) is 29.0 Å². The van der Waals surface area contributed by atoms with Crippen molar-refractivity contribution in [2.45, 2.75) is 13.3 Å². The number of rotatable bonds is 4. The molecule has 4 nitrogen and oxygen atoms in total. The molecule has 1 rings (SSSR count). The number of nitriles is 1. The first kappa shape index (κ1) is 12.5. The summed E-state index contributed by atoms with van der Waals surface area (Å²) in [7, 11) is 0. The number of esters is 1. The highest BCUT2D eigenvalue weighted by atomic mass is 35.5. The monoisotopic (exact) mass is 238 g/mol. The molecule has 1 heterocycles. The highest BCUT2D eigenvalue weighted by molar-refractivity contribution is 6.29. The summed E-state index contributed by atoms with van der Waals surface area (Å²) in [5.41, 5.74) is 0.791. The molecule has 0 aliphatic carbocycles. The predicted molar refractivity (Wildman–Crippen MR) is 58.7 cm³/mol. The number of nitrogens with zero attached hydrogens (tertiary/aromatic N) is 2. The van der Waals surface area contributed by atoms with E-state index in [0.29, 0.717) is 5.15 Å². The van der Waals surface area contributed by atoms with Crippen molar-refractivity contribution >= 4 is 17.6 Å². The molecule has 1 aromatic rings. The second-order valence-corrected chi connectivity index (χ2v) is 3.51. The molecular formula is C11H11ClN2O2. The lowest BCUT2D eigenvalue weighted by Gasteiger charge is -2.08. The highest BCUT2D eigenvalue weighted by Crippen LogP contribution is 2.13. The van der Waals surface area contributed by atoms with Crippen molar-refractivity contribution in [1.82, 2.24) is 4.98 Å². The van der Waals surface area contributed by atoms with Crippen LogP contribution in [-0.4, -0.2) is 17.6 Å². The Hall–Kier alpha value is -1.60. The van der Waals surface area contributed by atoms with E-state index in [2.05, 4.69) is 4.98 Å². The summed E-state index contributed by atoms with van der Waals surface area (Å²) in [6, 6.07) is 5.26. The minimum atomic E-state index is -0.793. The quantitative estimate of drug-likeness (QED) is 0.594. The Morgan fingerprint density at radius 2 is 2.50 bits per heavy atom. The van der Waals surface area contributed by atoms with Gasteiger partial charge in [-0.2, -0.15) is 5.26 Å². The number of halogens is 1. The molecular weight excluding hydrogens is 228 g/mol. The van der Waals surface area contributed by atoms with Crippen molar-refractivity contribution in [2.75, 3.05) is 6.61 Å². The van der Waals surface area contributed by atoms with Gasteiger partial charge in [-0.05, 0) is 31.0 Å². The van der Waals surface area contributed by atoms with Crippen LogP contribution in [0.1, 0.15) is 12.5 Å². The molecule has 0 fully saturated rings. The lowest BCUT2D eigenvalue weighted by atomic mass is 10.0. The summed E-state index contributed by atoms with van der Waals surface area (Å²) in [4.78, 5) is 15.2. The molecule has 0 saturated heterocycles. The number of carbonyl (C=O) groups is 1. The molecule has 0 N–H and O–H groups in total. The lowest BCUT2D eigenvalue weighted by molar-refractivity contribution is -0.145. The molecule has 1 atom stereocenters. The van der Waals surface area contributed by atoms with Crippen LogP contribution >= 0.6 is 11.6 Å². The van der Waals surface area contributed by atoms with E-state index >= 15 is 0 Å². The van der Waals surface area contributed by atoms with Gasteiger partial charge >= 0.3 is 5.97 Å². The van der Waals surface area contributed by atoms with Crippen LogP contribution in [0.4, 0.5) is 0 Å². The fourth-order valence-electron chi connectivity index (χ4n) is 1.23. The lowest BCUT2D eigenvalue weighted by Crippen LogP contribution is -2.18. The Morgan fingerprint density at radius 1 is 1.75 bits per heavy atom. The molecule has 1 unspecified atom stereocenters. The van der Waals surface area contributed by atoms with Gasteiger partial charge in [-0.3, -0.25) is 4.79 Å². The molecule has 0 saturated carbocycles. The molecule has 0 aliphatic heterocycles. The third kappa shape index (κ3) is 3.52. The smallest absolute Gasteiger partial charge is 0.323 e. The maximum absolute atomic E-state index is 11.4. The second-order valence-electron chi connectivity index (χ2n) is 3.12. The minimum absolute atomic E-state index is 0.272. The van der Waals surface area contributed by atoms with E-state index in [1.807, 2.05) is 6.07 Å². The van der Waals surface area contributed by atoms with E-state index in [4.69, 9.17) is 21.6 Å². The van der Waals surface area contributed by atoms with Crippen molar-refractivity contribution in [1.29, 1.82) is 5.26 Å². The zero-order chi connectivity index (χ0) is 12.0. The summed E-state index contributed by atoms with van der Waals surface area (Å²) in [6.45, 7) is 1.98. The number of pyridine rings is 1. The normalized spacial score (nSPS) is 11.6. The molecule has 0 aliphatic rings. The summed E-state index contributed by atoms with van der Waals surface area (Å²) in [6.07, 6.45) is 1.83. The average molecular weight is 239 g/mol. The summed E-state index contributed by atoms with van der Waals surface area (Å²) < 4.78 is 4.79. The van der Waals surface area contributed by atoms with Crippen LogP contribution in [0.2, 0.25) is 5.15 Å². The topological polar surface area (TPSA) is 63.0 Å². The first-order chi connectivity index (χ1) is 7.67. The SMILES string of the molecule is CCOC(=O)C(C#N)Cc1ccnc(Cl)c1. The molecule has 0 aromatic carbocycles. The second kappa shape index (κ2) is 6.09. The molecule has 84 valence electrons. The first-order valence-corrected chi connectivity index (χ1v) is 5.21. The van der Waals surface area contributed by atoms with Crippen LogP contribution in [0.25, 0.3) is 0 Å². The fraction of sp³-hybridized carbons (Fsp3) is 0.364. The van der Waals surface area contributed by atoms with Crippen molar-refractivity contribution in [3.8, 4) is 6.07 Å². The number of hydrogen-bond donors (Lipinski definition) is 0. The van der Waals surface area contributed by atoms with E-state index in [1.165, 1.54) is 6.20 Å². The Labute approximate surface area is 98.8 Å². The van der Waals surface area contributed by atoms with Crippen molar-refractivity contribution < 1.29 is 9.53 Å². The van der Waals surface area contributed by atoms with Gasteiger partial charge in [0.05, 0.1) is 12.7 Å². The molecule has 1 aromatic heterocycles. The molecule has 5 heteroatoms. The van der Waals surface area contributed by atoms with E-state index in [9.17, 15) is 4.79 Å². The molecule has 0 radical (unpaired) electrons. The summed E-state index contributed by atoms with van der Waals surface area (Å²) >= 11 is 5.70. The third-order valence-corrected chi connectivity index (χ3v) is 2.16. The van der Waals surface area contributed by atoms with Gasteiger partial charge in [-0.25, -0.2) is 4.98 Å². The van der Waals surface area contributed by atoms with E-state index in [1.54, 1.807) is 19.1 Å². The van der Waals surface area contributed by atoms with Gasteiger partial charge in [0.1, 0.15) is 11.1 Å². The van der Waals surface area contributed by atoms with Gasteiger partial charge < -0.3 is 4.74 Å². The van der Waals surface area contributed by atoms with Crippen LogP contribution in [0.15, 0.2) is 18.3 Å². The third-order valence-electron chi connectivity index (χ3n) is 1.96. The zero-order valence-electron chi connectivity index (χ0n) is 8.81. The summed E-state index contributed by atoms with van der Waals surface area (Å²) in [5.74, 6) is -1.30. The fourth-order valence-corrected chi connectivity index (χ4v) is 1.43. The Morgan fingerprint density at radius 3 is 3.06 bits per heavy atom. The van der Waals surface area contributed by atoms with Gasteiger partial charge in [0.15, 0.2) is 0 Å². The number of carbonyl (C=O) groups excluding carboxylic acids is 1. The van der Waals surface area contributed by atoms with Gasteiger partial charge in [0, 0.05) is 6.20 Å². The van der Waals surface area contributed by atoms with Crippen LogP contribution in [-0.2, 0) is 16.0 Å². The standard InChI is InChI=1S/C11H11ClN2O2/c1-2-16-11(15)9(7-13)5-8-3-4-14-10(12)6-8/h3-4,6,9H,2,5H2,1H3. The van der Waals surface area contributed by atoms with Crippen LogP contribution in [0, 0.1) is 17.2 Å². The highest BCUT2D eigenvalue weighted by Gasteiger charge is 2.19. The van der Waals surface area contributed by atoms with Gasteiger partial charge in [-0.15, -0.1) is 0 Å². The van der Waals surface area contributed by atoms with Gasteiger partial charge in [0.2, 0.25) is 0 Å². The molecule has 0 amide bonds. The average Bonchev–Trinajstić information content (AvgIpc) is 2.26. The van der Waals surface area contributed by atoms with Crippen molar-refractivity contribution in [2.24, 2.45) is 5.92 Å². The summed E-state index contributed by atoms with van der Waals surface area (Å²) in [5, 5.41) is 9.20. The maximum atomic E-state index is 11.4. The number of aromatic nitrogens is 1. The van der Waals surface area contributed by atoms with Crippen LogP contribution < -0.4 is 0 Å². The van der Waals surface area contributed by atoms with E-state index in [0.717, 1.165) is 5.56 Å².